The zero-order valence-electron chi connectivity index (χ0n) is 11.4. The molecule has 0 saturated heterocycles. The summed E-state index contributed by atoms with van der Waals surface area (Å²) in [5.41, 5.74) is 0. The van der Waals surface area contributed by atoms with Gasteiger partial charge in [-0.3, -0.25) is 4.79 Å². The second-order valence-corrected chi connectivity index (χ2v) is 3.29. The third-order valence-electron chi connectivity index (χ3n) is 1.70. The van der Waals surface area contributed by atoms with E-state index >= 15 is 0 Å². The van der Waals surface area contributed by atoms with Gasteiger partial charge in [-0.05, 0) is 26.7 Å². The SMILES string of the molecule is CCOC(=O)COC.CCOCCCCC(=O)O. The molecule has 0 heterocycles. The Balaban J connectivity index is 0. The number of unbranched alkanes of at least 4 members (excludes halogenated alkanes) is 1. The van der Waals surface area contributed by atoms with Gasteiger partial charge in [0.15, 0.2) is 0 Å². The van der Waals surface area contributed by atoms with E-state index in [-0.39, 0.29) is 19.0 Å². The fourth-order valence-electron chi connectivity index (χ4n) is 0.945. The van der Waals surface area contributed by atoms with Crippen LogP contribution >= 0.6 is 0 Å². The van der Waals surface area contributed by atoms with Crippen LogP contribution in [-0.2, 0) is 23.8 Å². The van der Waals surface area contributed by atoms with Gasteiger partial charge in [-0.1, -0.05) is 0 Å². The van der Waals surface area contributed by atoms with Crippen molar-refractivity contribution in [1.29, 1.82) is 0 Å². The molecule has 0 fully saturated rings. The second kappa shape index (κ2) is 15.9. The van der Waals surface area contributed by atoms with Gasteiger partial charge in [0.25, 0.3) is 0 Å². The number of methoxy groups -OCH3 is 1. The van der Waals surface area contributed by atoms with Crippen LogP contribution in [0.3, 0.4) is 0 Å². The average molecular weight is 264 g/mol. The largest absolute Gasteiger partial charge is 0.481 e. The van der Waals surface area contributed by atoms with E-state index in [1.807, 2.05) is 6.92 Å². The summed E-state index contributed by atoms with van der Waals surface area (Å²) in [6, 6.07) is 0. The van der Waals surface area contributed by atoms with Gasteiger partial charge in [0.2, 0.25) is 0 Å². The number of ether oxygens (including phenoxy) is 3. The molecule has 0 aliphatic rings. The monoisotopic (exact) mass is 264 g/mol. The van der Waals surface area contributed by atoms with Gasteiger partial charge < -0.3 is 19.3 Å². The van der Waals surface area contributed by atoms with E-state index in [1.165, 1.54) is 7.11 Å². The number of carboxylic acid groups (broad SMARTS) is 1. The molecule has 0 aromatic rings. The van der Waals surface area contributed by atoms with Gasteiger partial charge in [-0.2, -0.15) is 0 Å². The van der Waals surface area contributed by atoms with E-state index in [0.29, 0.717) is 19.8 Å². The predicted molar refractivity (Wildman–Crippen MR) is 66.5 cm³/mol. The van der Waals surface area contributed by atoms with E-state index in [2.05, 4.69) is 9.47 Å². The molecule has 108 valence electrons. The quantitative estimate of drug-likeness (QED) is 0.501. The Morgan fingerprint density at radius 3 is 2.22 bits per heavy atom. The van der Waals surface area contributed by atoms with E-state index < -0.39 is 5.97 Å². The highest BCUT2D eigenvalue weighted by Gasteiger charge is 1.96. The molecule has 18 heavy (non-hydrogen) atoms. The number of carbonyl (C=O) groups excluding carboxylic acids is 1. The van der Waals surface area contributed by atoms with Crippen LogP contribution in [0, 0.1) is 0 Å². The maximum Gasteiger partial charge on any atom is 0.332 e. The molecular weight excluding hydrogens is 240 g/mol. The lowest BCUT2D eigenvalue weighted by Gasteiger charge is -1.97. The van der Waals surface area contributed by atoms with Crippen LogP contribution in [0.1, 0.15) is 33.1 Å². The lowest BCUT2D eigenvalue weighted by atomic mass is 10.2. The highest BCUT2D eigenvalue weighted by atomic mass is 16.6. The first-order valence-electron chi connectivity index (χ1n) is 6.02. The topological polar surface area (TPSA) is 82.1 Å². The molecule has 0 unspecified atom stereocenters. The first-order chi connectivity index (χ1) is 8.58. The number of hydrogen-bond donors (Lipinski definition) is 1. The Morgan fingerprint density at radius 1 is 1.11 bits per heavy atom. The first-order valence-corrected chi connectivity index (χ1v) is 6.02. The molecule has 1 N–H and O–H groups in total. The third-order valence-corrected chi connectivity index (χ3v) is 1.70. The summed E-state index contributed by atoms with van der Waals surface area (Å²) >= 11 is 0. The normalized spacial score (nSPS) is 9.28. The van der Waals surface area contributed by atoms with Crippen molar-refractivity contribution in [2.45, 2.75) is 33.1 Å². The van der Waals surface area contributed by atoms with Crippen LogP contribution < -0.4 is 0 Å². The highest BCUT2D eigenvalue weighted by Crippen LogP contribution is 1.94. The van der Waals surface area contributed by atoms with Crippen LogP contribution in [0.5, 0.6) is 0 Å². The van der Waals surface area contributed by atoms with Crippen LogP contribution in [0.15, 0.2) is 0 Å². The van der Waals surface area contributed by atoms with Gasteiger partial charge >= 0.3 is 11.9 Å². The maximum absolute atomic E-state index is 10.3. The molecule has 0 atom stereocenters. The Kier molecular flexibility index (Phi) is 16.9. The van der Waals surface area contributed by atoms with Crippen molar-refractivity contribution in [2.75, 3.05) is 33.5 Å². The highest BCUT2D eigenvalue weighted by molar-refractivity contribution is 5.70. The van der Waals surface area contributed by atoms with Crippen molar-refractivity contribution in [1.82, 2.24) is 0 Å². The number of rotatable bonds is 9. The first kappa shape index (κ1) is 19.2. The van der Waals surface area contributed by atoms with E-state index in [4.69, 9.17) is 9.84 Å². The summed E-state index contributed by atoms with van der Waals surface area (Å²) in [6.45, 7) is 5.55. The number of aliphatic carboxylic acids is 1. The van der Waals surface area contributed by atoms with Crippen LogP contribution in [0.25, 0.3) is 0 Å². The summed E-state index contributed by atoms with van der Waals surface area (Å²) in [6.07, 6.45) is 1.82. The molecule has 0 rings (SSSR count). The van der Waals surface area contributed by atoms with E-state index in [1.54, 1.807) is 6.92 Å². The fourth-order valence-corrected chi connectivity index (χ4v) is 0.945. The van der Waals surface area contributed by atoms with Crippen molar-refractivity contribution >= 4 is 11.9 Å². The lowest BCUT2D eigenvalue weighted by Crippen LogP contribution is -2.10. The third kappa shape index (κ3) is 20.3. The zero-order valence-corrected chi connectivity index (χ0v) is 11.4. The fraction of sp³-hybridized carbons (Fsp3) is 0.833. The smallest absolute Gasteiger partial charge is 0.332 e. The minimum Gasteiger partial charge on any atom is -0.481 e. The van der Waals surface area contributed by atoms with Crippen molar-refractivity contribution < 1.29 is 28.9 Å². The van der Waals surface area contributed by atoms with Gasteiger partial charge in [0.1, 0.15) is 6.61 Å². The van der Waals surface area contributed by atoms with Gasteiger partial charge in [0.05, 0.1) is 6.61 Å². The summed E-state index contributed by atoms with van der Waals surface area (Å²) in [5.74, 6) is -1.04. The molecule has 0 amide bonds. The minimum absolute atomic E-state index is 0.0494. The van der Waals surface area contributed by atoms with Crippen molar-refractivity contribution in [3.8, 4) is 0 Å². The van der Waals surface area contributed by atoms with Gasteiger partial charge in [-0.15, -0.1) is 0 Å². The Morgan fingerprint density at radius 2 is 1.78 bits per heavy atom. The zero-order chi connectivity index (χ0) is 14.2. The minimum atomic E-state index is -0.725. The van der Waals surface area contributed by atoms with Crippen molar-refractivity contribution in [3.63, 3.8) is 0 Å². The maximum atomic E-state index is 10.3. The molecule has 0 aliphatic carbocycles. The number of carbonyl (C=O) groups is 2. The van der Waals surface area contributed by atoms with Gasteiger partial charge in [-0.25, -0.2) is 4.79 Å². The van der Waals surface area contributed by atoms with Gasteiger partial charge in [0, 0.05) is 26.7 Å². The van der Waals surface area contributed by atoms with Crippen LogP contribution in [0.2, 0.25) is 0 Å². The Bertz CT molecular complexity index is 197. The van der Waals surface area contributed by atoms with E-state index in [9.17, 15) is 9.59 Å². The number of hydrogen-bond acceptors (Lipinski definition) is 5. The molecule has 0 spiro atoms. The molecule has 0 radical (unpaired) electrons. The van der Waals surface area contributed by atoms with Crippen LogP contribution in [-0.4, -0.2) is 50.6 Å². The Hall–Kier alpha value is -1.14. The predicted octanol–water partition coefficient (Wildman–Crippen LogP) is 1.47. The van der Waals surface area contributed by atoms with Crippen LogP contribution in [0.4, 0.5) is 0 Å². The molecular formula is C12H24O6. The van der Waals surface area contributed by atoms with E-state index in [0.717, 1.165) is 12.8 Å². The molecule has 6 nitrogen and oxygen atoms in total. The summed E-state index contributed by atoms with van der Waals surface area (Å²) in [7, 11) is 1.46. The summed E-state index contributed by atoms with van der Waals surface area (Å²) in [5, 5.41) is 8.23. The molecule has 0 aliphatic heterocycles. The standard InChI is InChI=1S/C7H14O3.C5H10O3/c1-2-10-6-4-3-5-7(8)9;1-3-8-5(6)4-7-2/h2-6H2,1H3,(H,8,9);3-4H2,1-2H3. The Labute approximate surface area is 108 Å². The number of esters is 1. The molecule has 0 aromatic heterocycles. The molecule has 6 heteroatoms. The van der Waals surface area contributed by atoms with Crippen molar-refractivity contribution in [2.24, 2.45) is 0 Å². The average Bonchev–Trinajstić information content (AvgIpc) is 2.30. The molecule has 0 bridgehead atoms. The lowest BCUT2D eigenvalue weighted by molar-refractivity contribution is -0.147. The van der Waals surface area contributed by atoms with Crippen molar-refractivity contribution in [3.05, 3.63) is 0 Å². The molecule has 0 aromatic carbocycles. The summed E-state index contributed by atoms with van der Waals surface area (Å²) < 4.78 is 14.0. The number of carboxylic acids is 1. The second-order valence-electron chi connectivity index (χ2n) is 3.29. The summed E-state index contributed by atoms with van der Waals surface area (Å²) in [4.78, 5) is 20.3. The molecule has 0 saturated carbocycles.